The van der Waals surface area contributed by atoms with Crippen molar-refractivity contribution in [3.63, 3.8) is 0 Å². The Balaban J connectivity index is 2.14. The molecule has 2 atom stereocenters. The zero-order valence-corrected chi connectivity index (χ0v) is 10.9. The quantitative estimate of drug-likeness (QED) is 0.438. The molecule has 0 saturated heterocycles. The Labute approximate surface area is 111 Å². The molecular weight excluding hydrogens is 246 g/mol. The lowest BCUT2D eigenvalue weighted by Gasteiger charge is -2.27. The minimum Gasteiger partial charge on any atom is -0.367 e. The molecule has 0 radical (unpaired) electrons. The Morgan fingerprint density at radius 2 is 2.16 bits per heavy atom. The third-order valence-electron chi connectivity index (χ3n) is 3.46. The first-order valence-electron chi connectivity index (χ1n) is 6.48. The molecular formula is C12H19N5O2. The molecule has 1 fully saturated rings. The van der Waals surface area contributed by atoms with Gasteiger partial charge in [-0.1, -0.05) is 19.8 Å². The van der Waals surface area contributed by atoms with Crippen LogP contribution >= 0.6 is 0 Å². The number of nitrogen functional groups attached to an aromatic ring is 1. The van der Waals surface area contributed by atoms with Crippen LogP contribution in [0.3, 0.4) is 0 Å². The standard InChI is InChI=1S/C12H19N5O2/c1-8-3-2-4-9(5-8)14-11-6-10(17(18)19)7-12(15-11)16-13/h6-9H,2-5,13H2,1H3,(H2,14,15,16). The van der Waals surface area contributed by atoms with Gasteiger partial charge in [0.2, 0.25) is 0 Å². The lowest BCUT2D eigenvalue weighted by atomic mass is 9.87. The SMILES string of the molecule is CC1CCCC(Nc2cc([N+](=O)[O-])cc(NN)n2)C1. The average molecular weight is 265 g/mol. The number of pyridine rings is 1. The summed E-state index contributed by atoms with van der Waals surface area (Å²) in [5.41, 5.74) is 2.33. The Hall–Kier alpha value is -1.89. The second-order valence-corrected chi connectivity index (χ2v) is 5.11. The van der Waals surface area contributed by atoms with Gasteiger partial charge in [0.1, 0.15) is 11.6 Å². The number of nitro groups is 1. The molecule has 2 rings (SSSR count). The van der Waals surface area contributed by atoms with E-state index in [9.17, 15) is 10.1 Å². The largest absolute Gasteiger partial charge is 0.367 e. The van der Waals surface area contributed by atoms with Crippen LogP contribution in [-0.4, -0.2) is 15.9 Å². The second kappa shape index (κ2) is 5.83. The number of rotatable bonds is 4. The fraction of sp³-hybridized carbons (Fsp3) is 0.583. The van der Waals surface area contributed by atoms with Crippen LogP contribution in [-0.2, 0) is 0 Å². The summed E-state index contributed by atoms with van der Waals surface area (Å²) in [6, 6.07) is 3.08. The molecule has 7 nitrogen and oxygen atoms in total. The van der Waals surface area contributed by atoms with E-state index in [1.807, 2.05) is 0 Å². The first-order valence-corrected chi connectivity index (χ1v) is 6.48. The number of hydrazine groups is 1. The number of hydrogen-bond acceptors (Lipinski definition) is 6. The molecule has 1 saturated carbocycles. The van der Waals surface area contributed by atoms with E-state index in [0.29, 0.717) is 23.6 Å². The number of nitrogens with one attached hydrogen (secondary N) is 2. The third-order valence-corrected chi connectivity index (χ3v) is 3.46. The van der Waals surface area contributed by atoms with Crippen LogP contribution in [0.5, 0.6) is 0 Å². The summed E-state index contributed by atoms with van der Waals surface area (Å²) in [6.07, 6.45) is 4.56. The molecule has 19 heavy (non-hydrogen) atoms. The predicted molar refractivity (Wildman–Crippen MR) is 73.7 cm³/mol. The fourth-order valence-electron chi connectivity index (χ4n) is 2.54. The summed E-state index contributed by atoms with van der Waals surface area (Å²) in [6.45, 7) is 2.22. The van der Waals surface area contributed by atoms with E-state index >= 15 is 0 Å². The Morgan fingerprint density at radius 1 is 1.42 bits per heavy atom. The van der Waals surface area contributed by atoms with Gasteiger partial charge in [0.05, 0.1) is 17.1 Å². The van der Waals surface area contributed by atoms with Crippen LogP contribution in [0.4, 0.5) is 17.3 Å². The zero-order chi connectivity index (χ0) is 13.8. The summed E-state index contributed by atoms with van der Waals surface area (Å²) >= 11 is 0. The highest BCUT2D eigenvalue weighted by Gasteiger charge is 2.20. The van der Waals surface area contributed by atoms with Crippen molar-refractivity contribution in [2.24, 2.45) is 11.8 Å². The van der Waals surface area contributed by atoms with Crippen LogP contribution in [0.2, 0.25) is 0 Å². The normalized spacial score (nSPS) is 22.8. The highest BCUT2D eigenvalue weighted by Crippen LogP contribution is 2.27. The lowest BCUT2D eigenvalue weighted by Crippen LogP contribution is -2.26. The third kappa shape index (κ3) is 3.54. The summed E-state index contributed by atoms with van der Waals surface area (Å²) < 4.78 is 0. The molecule has 0 amide bonds. The van der Waals surface area contributed by atoms with Gasteiger partial charge < -0.3 is 10.7 Å². The highest BCUT2D eigenvalue weighted by atomic mass is 16.6. The van der Waals surface area contributed by atoms with Crippen molar-refractivity contribution < 1.29 is 4.92 Å². The van der Waals surface area contributed by atoms with E-state index in [0.717, 1.165) is 12.8 Å². The lowest BCUT2D eigenvalue weighted by molar-refractivity contribution is -0.384. The molecule has 0 spiro atoms. The molecule has 4 N–H and O–H groups in total. The second-order valence-electron chi connectivity index (χ2n) is 5.11. The van der Waals surface area contributed by atoms with E-state index in [1.54, 1.807) is 0 Å². The summed E-state index contributed by atoms with van der Waals surface area (Å²) in [4.78, 5) is 14.6. The number of nitrogens with zero attached hydrogens (tertiary/aromatic N) is 2. The number of hydrogen-bond donors (Lipinski definition) is 3. The number of nitrogens with two attached hydrogens (primary N) is 1. The molecule has 104 valence electrons. The van der Waals surface area contributed by atoms with Crippen molar-refractivity contribution in [3.8, 4) is 0 Å². The smallest absolute Gasteiger partial charge is 0.276 e. The molecule has 0 bridgehead atoms. The molecule has 2 unspecified atom stereocenters. The maximum atomic E-state index is 10.8. The first-order chi connectivity index (χ1) is 9.08. The van der Waals surface area contributed by atoms with Crippen molar-refractivity contribution in [3.05, 3.63) is 22.2 Å². The van der Waals surface area contributed by atoms with Crippen molar-refractivity contribution in [2.45, 2.75) is 38.6 Å². The van der Waals surface area contributed by atoms with Crippen LogP contribution in [0.15, 0.2) is 12.1 Å². The molecule has 1 heterocycles. The van der Waals surface area contributed by atoms with Gasteiger partial charge >= 0.3 is 0 Å². The predicted octanol–water partition coefficient (Wildman–Crippen LogP) is 2.27. The maximum absolute atomic E-state index is 10.8. The molecule has 7 heteroatoms. The van der Waals surface area contributed by atoms with Gasteiger partial charge in [-0.15, -0.1) is 0 Å². The average Bonchev–Trinajstić information content (AvgIpc) is 2.38. The van der Waals surface area contributed by atoms with Gasteiger partial charge in [-0.05, 0) is 18.8 Å². The van der Waals surface area contributed by atoms with Gasteiger partial charge in [-0.25, -0.2) is 10.8 Å². The van der Waals surface area contributed by atoms with Gasteiger partial charge in [-0.3, -0.25) is 10.1 Å². The van der Waals surface area contributed by atoms with E-state index < -0.39 is 4.92 Å². The van der Waals surface area contributed by atoms with Crippen LogP contribution in [0.1, 0.15) is 32.6 Å². The van der Waals surface area contributed by atoms with Crippen molar-refractivity contribution in [1.29, 1.82) is 0 Å². The van der Waals surface area contributed by atoms with Crippen LogP contribution in [0, 0.1) is 16.0 Å². The number of aromatic nitrogens is 1. The molecule has 1 aliphatic carbocycles. The molecule has 0 aromatic carbocycles. The monoisotopic (exact) mass is 265 g/mol. The minimum absolute atomic E-state index is 0.0192. The van der Waals surface area contributed by atoms with Crippen LogP contribution < -0.4 is 16.6 Å². The summed E-state index contributed by atoms with van der Waals surface area (Å²) in [5.74, 6) is 6.75. The van der Waals surface area contributed by atoms with E-state index in [1.165, 1.54) is 25.0 Å². The molecule has 1 aromatic rings. The van der Waals surface area contributed by atoms with Crippen molar-refractivity contribution in [1.82, 2.24) is 4.98 Å². The first kappa shape index (κ1) is 13.5. The van der Waals surface area contributed by atoms with E-state index in [-0.39, 0.29) is 5.69 Å². The highest BCUT2D eigenvalue weighted by molar-refractivity contribution is 5.54. The summed E-state index contributed by atoms with van der Waals surface area (Å²) in [5, 5.41) is 14.1. The van der Waals surface area contributed by atoms with E-state index in [2.05, 4.69) is 22.7 Å². The number of anilines is 2. The molecule has 0 aliphatic heterocycles. The summed E-state index contributed by atoms with van der Waals surface area (Å²) in [7, 11) is 0. The van der Waals surface area contributed by atoms with E-state index in [4.69, 9.17) is 5.84 Å². The van der Waals surface area contributed by atoms with Gasteiger partial charge in [0.15, 0.2) is 0 Å². The van der Waals surface area contributed by atoms with Gasteiger partial charge in [0.25, 0.3) is 5.69 Å². The molecule has 1 aliphatic rings. The van der Waals surface area contributed by atoms with Gasteiger partial charge in [-0.2, -0.15) is 0 Å². The van der Waals surface area contributed by atoms with Gasteiger partial charge in [0, 0.05) is 6.04 Å². The van der Waals surface area contributed by atoms with Crippen molar-refractivity contribution >= 4 is 17.3 Å². The fourth-order valence-corrected chi connectivity index (χ4v) is 2.54. The Kier molecular flexibility index (Phi) is 4.16. The minimum atomic E-state index is -0.447. The Morgan fingerprint density at radius 3 is 2.79 bits per heavy atom. The van der Waals surface area contributed by atoms with Crippen molar-refractivity contribution in [2.75, 3.05) is 10.7 Å². The maximum Gasteiger partial charge on any atom is 0.276 e. The topological polar surface area (TPSA) is 106 Å². The van der Waals surface area contributed by atoms with Crippen LogP contribution in [0.25, 0.3) is 0 Å². The molecule has 1 aromatic heterocycles. The Bertz CT molecular complexity index is 465. The zero-order valence-electron chi connectivity index (χ0n) is 10.9.